The molecule has 1 heterocycles. The second-order valence-electron chi connectivity index (χ2n) is 9.58. The van der Waals surface area contributed by atoms with Crippen molar-refractivity contribution in [3.8, 4) is 0 Å². The van der Waals surface area contributed by atoms with Crippen LogP contribution in [-0.2, 0) is 20.8 Å². The molecule has 0 aliphatic carbocycles. The Morgan fingerprint density at radius 2 is 1.40 bits per heavy atom. The molecule has 1 saturated heterocycles. The fourth-order valence-corrected chi connectivity index (χ4v) is 4.06. The van der Waals surface area contributed by atoms with Gasteiger partial charge in [0.1, 0.15) is 0 Å². The molecule has 246 valence electrons. The largest absolute Gasteiger partial charge is 0.490 e. The van der Waals surface area contributed by atoms with Crippen LogP contribution >= 0.6 is 0 Å². The van der Waals surface area contributed by atoms with Crippen LogP contribution in [0.4, 0.5) is 26.3 Å². The molecular formula is C27H41F6N5O5. The molecular weight excluding hydrogens is 588 g/mol. The van der Waals surface area contributed by atoms with Crippen LogP contribution in [-0.4, -0.2) is 94.9 Å². The van der Waals surface area contributed by atoms with E-state index in [-0.39, 0.29) is 5.96 Å². The van der Waals surface area contributed by atoms with Gasteiger partial charge in [-0.2, -0.15) is 26.3 Å². The summed E-state index contributed by atoms with van der Waals surface area (Å²) in [7, 11) is 0. The van der Waals surface area contributed by atoms with E-state index in [4.69, 9.17) is 31.3 Å². The molecule has 1 aromatic rings. The standard InChI is InChI=1S/C23H39N5O.2C2HF3O2/c1-2-22(29)28(16-9-4-3-8-15-26-23(24)25)21-13-18-27(19-14-21)17-12-20-10-6-5-7-11-20;2*3-2(4,5)1(6)7/h5-7,10-11,21H,2-4,8-9,12-19H2,1H3,(H4,24,25,26);2*(H,6,7). The number of carbonyl (C=O) groups is 3. The number of nitrogens with zero attached hydrogens (tertiary/aromatic N) is 3. The van der Waals surface area contributed by atoms with E-state index in [9.17, 15) is 31.1 Å². The lowest BCUT2D eigenvalue weighted by atomic mass is 10.0. The number of hydrogen-bond donors (Lipinski definition) is 4. The third-order valence-electron chi connectivity index (χ3n) is 6.27. The molecule has 6 N–H and O–H groups in total. The molecule has 0 atom stereocenters. The van der Waals surface area contributed by atoms with Gasteiger partial charge in [0.2, 0.25) is 5.91 Å². The quantitative estimate of drug-likeness (QED) is 0.117. The molecule has 0 unspecified atom stereocenters. The van der Waals surface area contributed by atoms with Crippen molar-refractivity contribution < 1.29 is 50.9 Å². The van der Waals surface area contributed by atoms with Gasteiger partial charge >= 0.3 is 24.3 Å². The van der Waals surface area contributed by atoms with E-state index in [0.29, 0.717) is 24.9 Å². The Morgan fingerprint density at radius 3 is 1.84 bits per heavy atom. The predicted molar refractivity (Wildman–Crippen MR) is 148 cm³/mol. The number of likely N-dealkylation sites (tertiary alicyclic amines) is 1. The molecule has 43 heavy (non-hydrogen) atoms. The fraction of sp³-hybridized carbons (Fsp3) is 0.630. The molecule has 1 aromatic carbocycles. The van der Waals surface area contributed by atoms with Crippen LogP contribution < -0.4 is 11.5 Å². The molecule has 1 aliphatic heterocycles. The Bertz CT molecular complexity index is 957. The van der Waals surface area contributed by atoms with Gasteiger partial charge in [0, 0.05) is 45.2 Å². The van der Waals surface area contributed by atoms with Crippen molar-refractivity contribution in [1.29, 1.82) is 0 Å². The monoisotopic (exact) mass is 629 g/mol. The van der Waals surface area contributed by atoms with Crippen LogP contribution in [0.1, 0.15) is 57.4 Å². The highest BCUT2D eigenvalue weighted by Gasteiger charge is 2.38. The molecule has 1 fully saturated rings. The molecule has 0 aromatic heterocycles. The molecule has 0 saturated carbocycles. The number of aliphatic carboxylic acids is 2. The summed E-state index contributed by atoms with van der Waals surface area (Å²) in [5, 5.41) is 14.2. The summed E-state index contributed by atoms with van der Waals surface area (Å²) in [6.07, 6.45) is -2.02. The van der Waals surface area contributed by atoms with Gasteiger partial charge in [0.15, 0.2) is 5.96 Å². The summed E-state index contributed by atoms with van der Waals surface area (Å²) in [6, 6.07) is 11.1. The van der Waals surface area contributed by atoms with Gasteiger partial charge in [-0.05, 0) is 37.7 Å². The van der Waals surface area contributed by atoms with Gasteiger partial charge in [0.25, 0.3) is 0 Å². The molecule has 0 bridgehead atoms. The summed E-state index contributed by atoms with van der Waals surface area (Å²) in [6.45, 7) is 6.83. The topological polar surface area (TPSA) is 163 Å². The van der Waals surface area contributed by atoms with Gasteiger partial charge in [-0.25, -0.2) is 9.59 Å². The maximum Gasteiger partial charge on any atom is 0.490 e. The normalized spacial score (nSPS) is 13.9. The van der Waals surface area contributed by atoms with Gasteiger partial charge in [-0.3, -0.25) is 9.79 Å². The average molecular weight is 630 g/mol. The lowest BCUT2D eigenvalue weighted by Gasteiger charge is -2.38. The van der Waals surface area contributed by atoms with E-state index < -0.39 is 24.3 Å². The number of amides is 1. The van der Waals surface area contributed by atoms with Crippen LogP contribution in [0.3, 0.4) is 0 Å². The van der Waals surface area contributed by atoms with Crippen molar-refractivity contribution >= 4 is 23.8 Å². The summed E-state index contributed by atoms with van der Waals surface area (Å²) < 4.78 is 63.5. The first-order chi connectivity index (χ1) is 20.0. The number of piperidine rings is 1. The first-order valence-corrected chi connectivity index (χ1v) is 13.7. The van der Waals surface area contributed by atoms with Crippen LogP contribution in [0.15, 0.2) is 35.3 Å². The van der Waals surface area contributed by atoms with Crippen LogP contribution in [0.5, 0.6) is 0 Å². The van der Waals surface area contributed by atoms with Crippen molar-refractivity contribution in [1.82, 2.24) is 9.80 Å². The Kier molecular flexibility index (Phi) is 18.7. The number of hydrogen-bond acceptors (Lipinski definition) is 5. The van der Waals surface area contributed by atoms with E-state index in [1.54, 1.807) is 0 Å². The number of nitrogens with two attached hydrogens (primary N) is 2. The maximum absolute atomic E-state index is 12.5. The zero-order valence-electron chi connectivity index (χ0n) is 24.0. The number of carboxylic acids is 2. The van der Waals surface area contributed by atoms with Crippen molar-refractivity contribution in [2.24, 2.45) is 16.5 Å². The highest BCUT2D eigenvalue weighted by molar-refractivity contribution is 5.76. The Labute approximate surface area is 246 Å². The zero-order chi connectivity index (χ0) is 33.1. The zero-order valence-corrected chi connectivity index (χ0v) is 24.0. The molecule has 1 amide bonds. The number of rotatable bonds is 12. The number of unbranched alkanes of at least 4 members (excludes halogenated alkanes) is 3. The summed E-state index contributed by atoms with van der Waals surface area (Å²) in [5.74, 6) is -5.05. The van der Waals surface area contributed by atoms with Crippen LogP contribution in [0.25, 0.3) is 0 Å². The van der Waals surface area contributed by atoms with Crippen LogP contribution in [0.2, 0.25) is 0 Å². The summed E-state index contributed by atoms with van der Waals surface area (Å²) >= 11 is 0. The Morgan fingerprint density at radius 1 is 0.907 bits per heavy atom. The first-order valence-electron chi connectivity index (χ1n) is 13.7. The smallest absolute Gasteiger partial charge is 0.475 e. The molecule has 0 radical (unpaired) electrons. The number of guanidine groups is 1. The lowest BCUT2D eigenvalue weighted by molar-refractivity contribution is -0.193. The molecule has 1 aliphatic rings. The van der Waals surface area contributed by atoms with E-state index in [1.807, 2.05) is 6.92 Å². The van der Waals surface area contributed by atoms with Crippen molar-refractivity contribution in [3.05, 3.63) is 35.9 Å². The van der Waals surface area contributed by atoms with E-state index in [2.05, 4.69) is 45.1 Å². The number of carboxylic acid groups (broad SMARTS) is 2. The van der Waals surface area contributed by atoms with Gasteiger partial charge < -0.3 is 31.5 Å². The van der Waals surface area contributed by atoms with E-state index >= 15 is 0 Å². The SMILES string of the molecule is CCC(=O)N(CCCCCCN=C(N)N)C1CCN(CCc2ccccc2)CC1.O=C(O)C(F)(F)F.O=C(O)C(F)(F)F. The third-order valence-corrected chi connectivity index (χ3v) is 6.27. The van der Waals surface area contributed by atoms with E-state index in [1.165, 1.54) is 5.56 Å². The minimum atomic E-state index is -5.08. The van der Waals surface area contributed by atoms with Crippen molar-refractivity contribution in [2.75, 3.05) is 32.7 Å². The molecule has 0 spiro atoms. The summed E-state index contributed by atoms with van der Waals surface area (Å²) in [5.41, 5.74) is 12.1. The number of alkyl halides is 6. The Hall–Kier alpha value is -3.56. The second kappa shape index (κ2) is 20.4. The average Bonchev–Trinajstić information content (AvgIpc) is 2.93. The van der Waals surface area contributed by atoms with Gasteiger partial charge in [0.05, 0.1) is 0 Å². The predicted octanol–water partition coefficient (Wildman–Crippen LogP) is 4.03. The molecule has 2 rings (SSSR count). The van der Waals surface area contributed by atoms with E-state index in [0.717, 1.165) is 71.1 Å². The minimum absolute atomic E-state index is 0.167. The highest BCUT2D eigenvalue weighted by atomic mass is 19.4. The Balaban J connectivity index is 0.00000104. The lowest BCUT2D eigenvalue weighted by Crippen LogP contribution is -2.48. The van der Waals surface area contributed by atoms with Crippen molar-refractivity contribution in [3.63, 3.8) is 0 Å². The number of aliphatic imine (C=N–C) groups is 1. The number of carbonyl (C=O) groups excluding carboxylic acids is 1. The second-order valence-corrected chi connectivity index (χ2v) is 9.58. The molecule has 16 heteroatoms. The van der Waals surface area contributed by atoms with Crippen molar-refractivity contribution in [2.45, 2.75) is 76.7 Å². The fourth-order valence-electron chi connectivity index (χ4n) is 4.06. The minimum Gasteiger partial charge on any atom is -0.475 e. The number of benzene rings is 1. The number of halogens is 6. The maximum atomic E-state index is 12.5. The summed E-state index contributed by atoms with van der Waals surface area (Å²) in [4.78, 5) is 39.0. The highest BCUT2D eigenvalue weighted by Crippen LogP contribution is 2.19. The molecule has 10 nitrogen and oxygen atoms in total. The third kappa shape index (κ3) is 19.3. The van der Waals surface area contributed by atoms with Gasteiger partial charge in [-0.1, -0.05) is 50.1 Å². The van der Waals surface area contributed by atoms with Gasteiger partial charge in [-0.15, -0.1) is 0 Å². The first kappa shape index (κ1) is 39.4. The van der Waals surface area contributed by atoms with Crippen LogP contribution in [0, 0.1) is 0 Å².